The number of rotatable bonds is 6. The smallest absolute Gasteiger partial charge is 0.407 e. The van der Waals surface area contributed by atoms with Crippen molar-refractivity contribution in [1.29, 1.82) is 0 Å². The van der Waals surface area contributed by atoms with Gasteiger partial charge < -0.3 is 20.3 Å². The highest BCUT2D eigenvalue weighted by Gasteiger charge is 2.26. The number of aryl methyl sites for hydroxylation is 1. The zero-order valence-electron chi connectivity index (χ0n) is 15.6. The number of thiazole rings is 2. The molecule has 0 bridgehead atoms. The number of phenols is 1. The second kappa shape index (κ2) is 8.00. The van der Waals surface area contributed by atoms with E-state index in [1.54, 1.807) is 5.38 Å². The summed E-state index contributed by atoms with van der Waals surface area (Å²) in [5.74, 6) is -2.73. The van der Waals surface area contributed by atoms with E-state index >= 15 is 0 Å². The number of amides is 1. The van der Waals surface area contributed by atoms with Crippen molar-refractivity contribution in [2.75, 3.05) is 0 Å². The number of aromatic nitrogens is 2. The van der Waals surface area contributed by atoms with E-state index in [9.17, 15) is 19.1 Å². The molecule has 1 aliphatic rings. The molecule has 3 aromatic rings. The maximum atomic E-state index is 14.4. The number of carbonyl (C=O) groups excluding carboxylic acids is 1. The van der Waals surface area contributed by atoms with Crippen LogP contribution in [-0.4, -0.2) is 38.3 Å². The number of nitrogens with one attached hydrogen (secondary N) is 1. The monoisotopic (exact) mass is 449 g/mol. The molecule has 2 aromatic heterocycles. The average molecular weight is 449 g/mol. The maximum absolute atomic E-state index is 14.4. The first-order valence-corrected chi connectivity index (χ1v) is 10.6. The van der Waals surface area contributed by atoms with E-state index in [1.807, 2.05) is 6.92 Å². The standard InChI is InChI=1S/C19H16FN3O5S2/c1-8-16(30-15(22-8)6-21-19(27)28-9-2-3-9)13-7-29-17(23-13)10-5-14(24)11(18(25)26)4-12(10)20/h4-5,7,9,24H,2-3,6H2,1H3,(H,21,27)(H,25,26). The molecule has 4 rings (SSSR count). The van der Waals surface area contributed by atoms with Gasteiger partial charge in [-0.15, -0.1) is 22.7 Å². The first-order chi connectivity index (χ1) is 14.3. The molecule has 8 nitrogen and oxygen atoms in total. The van der Waals surface area contributed by atoms with Crippen LogP contribution in [0.5, 0.6) is 5.75 Å². The molecule has 1 amide bonds. The summed E-state index contributed by atoms with van der Waals surface area (Å²) in [5, 5.41) is 24.2. The summed E-state index contributed by atoms with van der Waals surface area (Å²) < 4.78 is 19.5. The first-order valence-electron chi connectivity index (χ1n) is 8.94. The molecule has 0 aliphatic heterocycles. The summed E-state index contributed by atoms with van der Waals surface area (Å²) in [7, 11) is 0. The van der Waals surface area contributed by atoms with Crippen LogP contribution in [0.3, 0.4) is 0 Å². The number of nitrogens with zero attached hydrogens (tertiary/aromatic N) is 2. The largest absolute Gasteiger partial charge is 0.507 e. The molecule has 1 aromatic carbocycles. The number of aromatic carboxylic acids is 1. The Morgan fingerprint density at radius 2 is 2.10 bits per heavy atom. The highest BCUT2D eigenvalue weighted by molar-refractivity contribution is 7.16. The van der Waals surface area contributed by atoms with E-state index < -0.39 is 29.2 Å². The molecule has 11 heteroatoms. The van der Waals surface area contributed by atoms with Crippen LogP contribution in [-0.2, 0) is 11.3 Å². The number of carboxylic acids is 1. The fraction of sp³-hybridized carbons (Fsp3) is 0.263. The third-order valence-electron chi connectivity index (χ3n) is 4.31. The van der Waals surface area contributed by atoms with Crippen LogP contribution >= 0.6 is 22.7 Å². The molecular weight excluding hydrogens is 433 g/mol. The van der Waals surface area contributed by atoms with Gasteiger partial charge in [-0.2, -0.15) is 0 Å². The van der Waals surface area contributed by atoms with Crippen LogP contribution in [0.2, 0.25) is 0 Å². The summed E-state index contributed by atoms with van der Waals surface area (Å²) in [4.78, 5) is 32.3. The molecule has 156 valence electrons. The predicted molar refractivity (Wildman–Crippen MR) is 108 cm³/mol. The van der Waals surface area contributed by atoms with Gasteiger partial charge in [0.2, 0.25) is 0 Å². The fourth-order valence-electron chi connectivity index (χ4n) is 2.69. The van der Waals surface area contributed by atoms with Crippen LogP contribution < -0.4 is 5.32 Å². The van der Waals surface area contributed by atoms with Gasteiger partial charge in [0.15, 0.2) is 0 Å². The number of ether oxygens (including phenoxy) is 1. The average Bonchev–Trinajstić information content (AvgIpc) is 3.23. The lowest BCUT2D eigenvalue weighted by Gasteiger charge is -2.04. The first kappa shape index (κ1) is 20.2. The maximum Gasteiger partial charge on any atom is 0.407 e. The molecule has 1 saturated carbocycles. The number of carboxylic acid groups (broad SMARTS) is 1. The Hall–Kier alpha value is -3.05. The Labute approximate surface area is 178 Å². The van der Waals surface area contributed by atoms with Gasteiger partial charge >= 0.3 is 12.1 Å². The molecule has 0 spiro atoms. The molecular formula is C19H16FN3O5S2. The van der Waals surface area contributed by atoms with Crippen molar-refractivity contribution in [3.63, 3.8) is 0 Å². The number of benzene rings is 1. The van der Waals surface area contributed by atoms with Crippen molar-refractivity contribution in [1.82, 2.24) is 15.3 Å². The van der Waals surface area contributed by atoms with Crippen molar-refractivity contribution in [2.24, 2.45) is 0 Å². The summed E-state index contributed by atoms with van der Waals surface area (Å²) in [5.41, 5.74) is 0.802. The topological polar surface area (TPSA) is 122 Å². The van der Waals surface area contributed by atoms with E-state index in [0.717, 1.165) is 41.2 Å². The summed E-state index contributed by atoms with van der Waals surface area (Å²) in [6.45, 7) is 2.04. The van der Waals surface area contributed by atoms with Gasteiger partial charge in [-0.3, -0.25) is 0 Å². The Kier molecular flexibility index (Phi) is 5.39. The molecule has 3 N–H and O–H groups in total. The van der Waals surface area contributed by atoms with Gasteiger partial charge in [-0.05, 0) is 31.9 Å². The van der Waals surface area contributed by atoms with Crippen molar-refractivity contribution < 1.29 is 28.9 Å². The summed E-state index contributed by atoms with van der Waals surface area (Å²) >= 11 is 2.52. The highest BCUT2D eigenvalue weighted by Crippen LogP contribution is 2.36. The van der Waals surface area contributed by atoms with Gasteiger partial charge in [0, 0.05) is 10.9 Å². The van der Waals surface area contributed by atoms with Gasteiger partial charge in [0.05, 0.1) is 22.8 Å². The van der Waals surface area contributed by atoms with Crippen LogP contribution in [0.25, 0.3) is 21.1 Å². The molecule has 2 heterocycles. The van der Waals surface area contributed by atoms with Crippen molar-refractivity contribution in [3.8, 4) is 26.9 Å². The Morgan fingerprint density at radius 3 is 2.80 bits per heavy atom. The highest BCUT2D eigenvalue weighted by atomic mass is 32.1. The third kappa shape index (κ3) is 4.26. The molecule has 1 aliphatic carbocycles. The van der Waals surface area contributed by atoms with Crippen LogP contribution in [0.1, 0.15) is 33.9 Å². The molecule has 0 radical (unpaired) electrons. The number of carbonyl (C=O) groups is 2. The van der Waals surface area contributed by atoms with Crippen LogP contribution in [0.4, 0.5) is 9.18 Å². The van der Waals surface area contributed by atoms with E-state index in [4.69, 9.17) is 9.84 Å². The second-order valence-electron chi connectivity index (χ2n) is 6.67. The molecule has 30 heavy (non-hydrogen) atoms. The second-order valence-corrected chi connectivity index (χ2v) is 8.61. The van der Waals surface area contributed by atoms with E-state index in [2.05, 4.69) is 15.3 Å². The number of aromatic hydroxyl groups is 1. The van der Waals surface area contributed by atoms with Crippen molar-refractivity contribution >= 4 is 34.7 Å². The molecule has 0 unspecified atom stereocenters. The van der Waals surface area contributed by atoms with Gasteiger partial charge in [-0.25, -0.2) is 23.9 Å². The minimum absolute atomic E-state index is 0.0145. The Bertz CT molecular complexity index is 1140. The predicted octanol–water partition coefficient (Wildman–Crippen LogP) is 4.17. The number of halogens is 1. The SMILES string of the molecule is Cc1nc(CNC(=O)OC2CC2)sc1-c1csc(-c2cc(O)c(C(=O)O)cc2F)n1. The quantitative estimate of drug-likeness (QED) is 0.516. The van der Waals surface area contributed by atoms with Crippen molar-refractivity contribution in [3.05, 3.63) is 39.6 Å². The molecule has 1 fully saturated rings. The minimum atomic E-state index is -1.42. The minimum Gasteiger partial charge on any atom is -0.507 e. The lowest BCUT2D eigenvalue weighted by Crippen LogP contribution is -2.24. The third-order valence-corrected chi connectivity index (χ3v) is 6.36. The van der Waals surface area contributed by atoms with Gasteiger partial charge in [0.1, 0.15) is 33.2 Å². The lowest BCUT2D eigenvalue weighted by molar-refractivity contribution is 0.0693. The zero-order chi connectivity index (χ0) is 21.4. The van der Waals surface area contributed by atoms with E-state index in [0.29, 0.717) is 21.4 Å². The number of hydrogen-bond donors (Lipinski definition) is 3. The summed E-state index contributed by atoms with van der Waals surface area (Å²) in [6.07, 6.45) is 1.36. The number of hydrogen-bond acceptors (Lipinski definition) is 8. The van der Waals surface area contributed by atoms with E-state index in [1.165, 1.54) is 11.3 Å². The Morgan fingerprint density at radius 1 is 1.33 bits per heavy atom. The summed E-state index contributed by atoms with van der Waals surface area (Å²) in [6, 6.07) is 1.83. The molecule has 0 saturated heterocycles. The van der Waals surface area contributed by atoms with Gasteiger partial charge in [0.25, 0.3) is 0 Å². The fourth-order valence-corrected chi connectivity index (χ4v) is 4.56. The number of alkyl carbamates (subject to hydrolysis) is 1. The zero-order valence-corrected chi connectivity index (χ0v) is 17.3. The van der Waals surface area contributed by atoms with Crippen molar-refractivity contribution in [2.45, 2.75) is 32.4 Å². The van der Waals surface area contributed by atoms with Gasteiger partial charge in [-0.1, -0.05) is 0 Å². The van der Waals surface area contributed by atoms with E-state index in [-0.39, 0.29) is 18.2 Å². The normalized spacial score (nSPS) is 13.3. The van der Waals surface area contributed by atoms with Crippen LogP contribution in [0, 0.1) is 12.7 Å². The lowest BCUT2D eigenvalue weighted by atomic mass is 10.1. The molecule has 0 atom stereocenters. The Balaban J connectivity index is 1.53. The van der Waals surface area contributed by atoms with Crippen LogP contribution in [0.15, 0.2) is 17.5 Å².